The summed E-state index contributed by atoms with van der Waals surface area (Å²) in [4.78, 5) is 0. The van der Waals surface area contributed by atoms with Crippen LogP contribution in [0.3, 0.4) is 0 Å². The minimum atomic E-state index is 0.230. The van der Waals surface area contributed by atoms with Gasteiger partial charge in [0.15, 0.2) is 0 Å². The predicted molar refractivity (Wildman–Crippen MR) is 110 cm³/mol. The molecule has 2 nitrogen and oxygen atoms in total. The van der Waals surface area contributed by atoms with E-state index in [0.29, 0.717) is 0 Å². The van der Waals surface area contributed by atoms with Crippen LogP contribution in [0.2, 0.25) is 0 Å². The van der Waals surface area contributed by atoms with Crippen LogP contribution in [0, 0.1) is 20.8 Å². The molecule has 0 saturated heterocycles. The summed E-state index contributed by atoms with van der Waals surface area (Å²) >= 11 is 0. The molecule has 0 spiro atoms. The van der Waals surface area contributed by atoms with Crippen LogP contribution in [0.1, 0.15) is 40.3 Å². The number of hydrazone groups is 1. The molecule has 0 aliphatic carbocycles. The fourth-order valence-electron chi connectivity index (χ4n) is 3.48. The van der Waals surface area contributed by atoms with Gasteiger partial charge in [-0.05, 0) is 55.2 Å². The number of hydrogen-bond acceptors (Lipinski definition) is 2. The fraction of sp³-hybridized carbons (Fsp3) is 0.208. The second-order valence-corrected chi connectivity index (χ2v) is 7.16. The Morgan fingerprint density at radius 3 is 2.23 bits per heavy atom. The van der Waals surface area contributed by atoms with Gasteiger partial charge < -0.3 is 0 Å². The summed E-state index contributed by atoms with van der Waals surface area (Å²) in [5, 5.41) is 7.20. The van der Waals surface area contributed by atoms with Gasteiger partial charge in [-0.3, -0.25) is 5.01 Å². The molecule has 0 fully saturated rings. The molecule has 0 bridgehead atoms. The van der Waals surface area contributed by atoms with Crippen molar-refractivity contribution in [3.8, 4) is 0 Å². The molecule has 26 heavy (non-hydrogen) atoms. The first-order valence-corrected chi connectivity index (χ1v) is 9.18. The third-order valence-electron chi connectivity index (χ3n) is 5.23. The second kappa shape index (κ2) is 6.80. The maximum Gasteiger partial charge on any atom is 0.0831 e. The van der Waals surface area contributed by atoms with Gasteiger partial charge in [-0.1, -0.05) is 66.2 Å². The maximum absolute atomic E-state index is 5.02. The highest BCUT2D eigenvalue weighted by Crippen LogP contribution is 2.37. The van der Waals surface area contributed by atoms with E-state index in [0.717, 1.165) is 17.8 Å². The molecule has 130 valence electrons. The molecule has 3 aromatic carbocycles. The Bertz CT molecular complexity index is 940. The molecule has 1 aliphatic rings. The lowest BCUT2D eigenvalue weighted by atomic mass is 9.95. The largest absolute Gasteiger partial charge is 0.257 e. The van der Waals surface area contributed by atoms with Crippen LogP contribution < -0.4 is 5.01 Å². The number of nitrogens with zero attached hydrogens (tertiary/aromatic N) is 2. The molecule has 1 heterocycles. The van der Waals surface area contributed by atoms with E-state index >= 15 is 0 Å². The summed E-state index contributed by atoms with van der Waals surface area (Å²) < 4.78 is 0. The van der Waals surface area contributed by atoms with Gasteiger partial charge >= 0.3 is 0 Å². The minimum absolute atomic E-state index is 0.230. The van der Waals surface area contributed by atoms with Gasteiger partial charge in [-0.15, -0.1) is 0 Å². The minimum Gasteiger partial charge on any atom is -0.257 e. The summed E-state index contributed by atoms with van der Waals surface area (Å²) in [6, 6.07) is 26.2. The predicted octanol–water partition coefficient (Wildman–Crippen LogP) is 5.97. The van der Waals surface area contributed by atoms with Gasteiger partial charge in [0.2, 0.25) is 0 Å². The van der Waals surface area contributed by atoms with Crippen LogP contribution in [-0.4, -0.2) is 5.71 Å². The zero-order chi connectivity index (χ0) is 18.1. The number of benzene rings is 3. The van der Waals surface area contributed by atoms with Crippen LogP contribution >= 0.6 is 0 Å². The lowest BCUT2D eigenvalue weighted by Gasteiger charge is -2.24. The molecule has 1 atom stereocenters. The van der Waals surface area contributed by atoms with Gasteiger partial charge in [0, 0.05) is 6.42 Å². The highest BCUT2D eigenvalue weighted by atomic mass is 15.5. The quantitative estimate of drug-likeness (QED) is 0.574. The van der Waals surface area contributed by atoms with Crippen LogP contribution in [0.25, 0.3) is 0 Å². The molecular formula is C24H24N2. The Morgan fingerprint density at radius 1 is 0.808 bits per heavy atom. The first kappa shape index (κ1) is 16.6. The maximum atomic E-state index is 5.02. The Morgan fingerprint density at radius 2 is 1.54 bits per heavy atom. The Balaban J connectivity index is 1.75. The van der Waals surface area contributed by atoms with Crippen LogP contribution in [-0.2, 0) is 0 Å². The van der Waals surface area contributed by atoms with E-state index in [4.69, 9.17) is 5.10 Å². The molecule has 0 saturated carbocycles. The molecule has 0 N–H and O–H groups in total. The molecule has 0 amide bonds. The zero-order valence-corrected chi connectivity index (χ0v) is 15.6. The Hall–Kier alpha value is -2.87. The van der Waals surface area contributed by atoms with Crippen molar-refractivity contribution in [2.24, 2.45) is 5.10 Å². The first-order chi connectivity index (χ1) is 12.6. The Kier molecular flexibility index (Phi) is 4.34. The van der Waals surface area contributed by atoms with E-state index in [9.17, 15) is 0 Å². The van der Waals surface area contributed by atoms with Crippen molar-refractivity contribution >= 4 is 11.4 Å². The van der Waals surface area contributed by atoms with E-state index < -0.39 is 0 Å². The van der Waals surface area contributed by atoms with Gasteiger partial charge in [0.05, 0.1) is 17.4 Å². The van der Waals surface area contributed by atoms with E-state index in [1.165, 1.54) is 27.8 Å². The standard InChI is InChI=1S/C24H24N2/c1-17-9-12-20(13-10-17)23-16-24(21-14-11-18(2)19(3)15-21)26(25-23)22-7-5-4-6-8-22/h4-15,24H,16H2,1-3H3. The highest BCUT2D eigenvalue weighted by Gasteiger charge is 2.29. The van der Waals surface area contributed by atoms with Crippen molar-refractivity contribution in [1.29, 1.82) is 0 Å². The third-order valence-corrected chi connectivity index (χ3v) is 5.23. The van der Waals surface area contributed by atoms with E-state index in [1.54, 1.807) is 0 Å². The number of aryl methyl sites for hydroxylation is 3. The van der Waals surface area contributed by atoms with Crippen LogP contribution in [0.4, 0.5) is 5.69 Å². The molecule has 2 heteroatoms. The van der Waals surface area contributed by atoms with Crippen LogP contribution in [0.15, 0.2) is 77.9 Å². The SMILES string of the molecule is Cc1ccc(C2=NN(c3ccccc3)C(c3ccc(C)c(C)c3)C2)cc1. The lowest BCUT2D eigenvalue weighted by Crippen LogP contribution is -2.18. The summed E-state index contributed by atoms with van der Waals surface area (Å²) in [6.07, 6.45) is 0.917. The average molecular weight is 340 g/mol. The Labute approximate surface area is 155 Å². The van der Waals surface area contributed by atoms with Gasteiger partial charge in [0.1, 0.15) is 0 Å². The van der Waals surface area contributed by atoms with Crippen molar-refractivity contribution < 1.29 is 0 Å². The average Bonchev–Trinajstić information content (AvgIpc) is 3.11. The molecule has 4 rings (SSSR count). The fourth-order valence-corrected chi connectivity index (χ4v) is 3.48. The number of para-hydroxylation sites is 1. The molecule has 0 aromatic heterocycles. The monoisotopic (exact) mass is 340 g/mol. The highest BCUT2D eigenvalue weighted by molar-refractivity contribution is 6.03. The smallest absolute Gasteiger partial charge is 0.0831 e. The molecule has 0 radical (unpaired) electrons. The summed E-state index contributed by atoms with van der Waals surface area (Å²) in [6.45, 7) is 6.47. The zero-order valence-electron chi connectivity index (χ0n) is 15.6. The van der Waals surface area contributed by atoms with Crippen molar-refractivity contribution in [3.05, 3.63) is 101 Å². The summed E-state index contributed by atoms with van der Waals surface area (Å²) in [5.41, 5.74) is 8.76. The van der Waals surface area contributed by atoms with Gasteiger partial charge in [0.25, 0.3) is 0 Å². The van der Waals surface area contributed by atoms with Gasteiger partial charge in [-0.25, -0.2) is 0 Å². The van der Waals surface area contributed by atoms with Crippen molar-refractivity contribution in [1.82, 2.24) is 0 Å². The molecule has 1 unspecified atom stereocenters. The lowest BCUT2D eigenvalue weighted by molar-refractivity contribution is 0.708. The topological polar surface area (TPSA) is 15.6 Å². The number of rotatable bonds is 3. The summed E-state index contributed by atoms with van der Waals surface area (Å²) in [7, 11) is 0. The van der Waals surface area contributed by atoms with Gasteiger partial charge in [-0.2, -0.15) is 5.10 Å². The number of anilines is 1. The van der Waals surface area contributed by atoms with Crippen molar-refractivity contribution in [2.45, 2.75) is 33.2 Å². The van der Waals surface area contributed by atoms with Crippen molar-refractivity contribution in [3.63, 3.8) is 0 Å². The van der Waals surface area contributed by atoms with E-state index in [2.05, 4.69) is 98.6 Å². The first-order valence-electron chi connectivity index (χ1n) is 9.18. The molecule has 3 aromatic rings. The number of hydrogen-bond donors (Lipinski definition) is 0. The van der Waals surface area contributed by atoms with Crippen LogP contribution in [0.5, 0.6) is 0 Å². The normalized spacial score (nSPS) is 16.7. The third kappa shape index (κ3) is 3.15. The van der Waals surface area contributed by atoms with E-state index in [-0.39, 0.29) is 6.04 Å². The molecular weight excluding hydrogens is 316 g/mol. The molecule has 1 aliphatic heterocycles. The van der Waals surface area contributed by atoms with Crippen molar-refractivity contribution in [2.75, 3.05) is 5.01 Å². The summed E-state index contributed by atoms with van der Waals surface area (Å²) in [5.74, 6) is 0. The second-order valence-electron chi connectivity index (χ2n) is 7.16. The van der Waals surface area contributed by atoms with E-state index in [1.807, 2.05) is 0 Å².